The van der Waals surface area contributed by atoms with Crippen LogP contribution in [-0.2, 0) is 23.7 Å². The number of carbonyl (C=O) groups excluding carboxylic acids is 3. The Morgan fingerprint density at radius 2 is 1.25 bits per heavy atom. The van der Waals surface area contributed by atoms with Crippen molar-refractivity contribution in [3.8, 4) is 11.5 Å². The van der Waals surface area contributed by atoms with Crippen LogP contribution in [0.5, 0.6) is 11.5 Å². The molecule has 1 saturated heterocycles. The predicted molar refractivity (Wildman–Crippen MR) is 167 cm³/mol. The van der Waals surface area contributed by atoms with Crippen LogP contribution in [0.25, 0.3) is 0 Å². The molecule has 2 unspecified atom stereocenters. The number of phenolic OH excluding ortho intramolecular Hbond substituents is 1. The average Bonchev–Trinajstić information content (AvgIpc) is 2.85. The van der Waals surface area contributed by atoms with Gasteiger partial charge in [-0.3, -0.25) is 0 Å². The molecule has 0 aliphatic carbocycles. The summed E-state index contributed by atoms with van der Waals surface area (Å²) < 4.78 is 28.3. The van der Waals surface area contributed by atoms with Crippen molar-refractivity contribution in [2.75, 3.05) is 13.2 Å². The summed E-state index contributed by atoms with van der Waals surface area (Å²) in [6.45, 7) is 19.4. The van der Waals surface area contributed by atoms with Gasteiger partial charge in [-0.1, -0.05) is 12.1 Å². The number of phenols is 1. The highest BCUT2D eigenvalue weighted by atomic mass is 16.6. The molecule has 1 aliphatic heterocycles. The van der Waals surface area contributed by atoms with Gasteiger partial charge in [0.1, 0.15) is 34.9 Å². The van der Waals surface area contributed by atoms with Crippen molar-refractivity contribution in [1.82, 2.24) is 4.90 Å². The number of aromatic hydroxyl groups is 1. The second-order valence-corrected chi connectivity index (χ2v) is 13.3. The molecule has 0 spiro atoms. The van der Waals surface area contributed by atoms with Crippen LogP contribution < -0.4 is 4.74 Å². The van der Waals surface area contributed by atoms with Crippen LogP contribution in [0.4, 0.5) is 9.59 Å². The molecule has 0 aromatic heterocycles. The number of hydrogen-bond acceptors (Lipinski definition) is 9. The summed E-state index contributed by atoms with van der Waals surface area (Å²) in [6.07, 6.45) is -2.64. The van der Waals surface area contributed by atoms with E-state index in [0.29, 0.717) is 22.8 Å². The van der Waals surface area contributed by atoms with E-state index in [1.165, 1.54) is 0 Å². The predicted octanol–water partition coefficient (Wildman–Crippen LogP) is 6.95. The molecule has 2 aromatic rings. The van der Waals surface area contributed by atoms with E-state index in [1.807, 2.05) is 52.0 Å². The fourth-order valence-electron chi connectivity index (χ4n) is 4.50. The Hall–Kier alpha value is -3.79. The van der Waals surface area contributed by atoms with Crippen LogP contribution in [0, 0.1) is 27.7 Å². The Labute approximate surface area is 261 Å². The topological polar surface area (TPSA) is 121 Å². The summed E-state index contributed by atoms with van der Waals surface area (Å²) in [5.41, 5.74) is 2.53. The quantitative estimate of drug-likeness (QED) is 0.289. The lowest BCUT2D eigenvalue weighted by atomic mass is 10.1. The van der Waals surface area contributed by atoms with Crippen LogP contribution in [0.3, 0.4) is 0 Å². The highest BCUT2D eigenvalue weighted by Gasteiger charge is 2.42. The number of carbonyl (C=O) groups is 3. The fraction of sp³-hybridized carbons (Fsp3) is 0.559. The molecule has 244 valence electrons. The first kappa shape index (κ1) is 36.4. The molecular weight excluding hydrogens is 566 g/mol. The van der Waals surface area contributed by atoms with Gasteiger partial charge in [0.25, 0.3) is 0 Å². The van der Waals surface area contributed by atoms with Crippen LogP contribution >= 0.6 is 0 Å². The number of rotatable bonds is 3. The Bertz CT molecular complexity index is 1190. The standard InChI is InChI=1S/C26H39NO8.C8H10O/c1-16-10-17(2)12-19(11-16)33-20-13-18(3)32-22(28)21(15-31-14-20)27(23(29)34-25(4,5)6)24(30)35-26(7,8)9;1-6-3-7(2)5-8(9)4-6/h10-12,18,20-21H,13-15H2,1-9H3;3-5,9H,1-2H3/t18?,20?,21-;/m0./s1. The van der Waals surface area contributed by atoms with Gasteiger partial charge in [-0.25, -0.2) is 14.4 Å². The van der Waals surface area contributed by atoms with Crippen molar-refractivity contribution in [2.24, 2.45) is 0 Å². The molecule has 2 amide bonds. The maximum atomic E-state index is 13.1. The van der Waals surface area contributed by atoms with E-state index in [-0.39, 0.29) is 13.2 Å². The second kappa shape index (κ2) is 15.3. The summed E-state index contributed by atoms with van der Waals surface area (Å²) >= 11 is 0. The van der Waals surface area contributed by atoms with Crippen molar-refractivity contribution >= 4 is 18.2 Å². The van der Waals surface area contributed by atoms with Gasteiger partial charge in [-0.2, -0.15) is 4.90 Å². The highest BCUT2D eigenvalue weighted by Crippen LogP contribution is 2.23. The lowest BCUT2D eigenvalue weighted by Crippen LogP contribution is -2.54. The summed E-state index contributed by atoms with van der Waals surface area (Å²) in [6, 6.07) is 10.0. The molecule has 1 heterocycles. The number of imide groups is 1. The van der Waals surface area contributed by atoms with Gasteiger partial charge in [0, 0.05) is 6.42 Å². The minimum absolute atomic E-state index is 0.126. The SMILES string of the molecule is Cc1cc(C)cc(O)c1.Cc1cc(C)cc(OC2COC[C@H](N(C(=O)OC(C)(C)C)C(=O)OC(C)(C)C)C(=O)OC(C)C2)c1. The number of aryl methyl sites for hydroxylation is 4. The molecule has 0 bridgehead atoms. The first-order valence-corrected chi connectivity index (χ1v) is 14.8. The molecule has 2 aromatic carbocycles. The zero-order valence-corrected chi connectivity index (χ0v) is 28.0. The van der Waals surface area contributed by atoms with E-state index in [1.54, 1.807) is 60.6 Å². The van der Waals surface area contributed by atoms with E-state index < -0.39 is 47.6 Å². The zero-order valence-electron chi connectivity index (χ0n) is 28.0. The molecule has 3 rings (SSSR count). The molecule has 0 saturated carbocycles. The smallest absolute Gasteiger partial charge is 0.420 e. The first-order chi connectivity index (χ1) is 20.2. The first-order valence-electron chi connectivity index (χ1n) is 14.8. The van der Waals surface area contributed by atoms with Gasteiger partial charge in [0.2, 0.25) is 0 Å². The number of amides is 2. The Balaban J connectivity index is 0.000000639. The molecule has 1 aliphatic rings. The molecule has 44 heavy (non-hydrogen) atoms. The third kappa shape index (κ3) is 12.8. The third-order valence-corrected chi connectivity index (χ3v) is 5.96. The number of benzene rings is 2. The Morgan fingerprint density at radius 3 is 1.68 bits per heavy atom. The van der Waals surface area contributed by atoms with Crippen molar-refractivity contribution in [3.63, 3.8) is 0 Å². The van der Waals surface area contributed by atoms with Crippen molar-refractivity contribution in [2.45, 2.75) is 112 Å². The molecule has 1 N–H and O–H groups in total. The summed E-state index contributed by atoms with van der Waals surface area (Å²) in [5.74, 6) is 0.253. The molecule has 10 nitrogen and oxygen atoms in total. The van der Waals surface area contributed by atoms with Crippen molar-refractivity contribution in [1.29, 1.82) is 0 Å². The van der Waals surface area contributed by atoms with Crippen molar-refractivity contribution < 1.29 is 43.2 Å². The zero-order chi connectivity index (χ0) is 33.4. The number of ether oxygens (including phenoxy) is 5. The number of nitrogens with zero attached hydrogens (tertiary/aromatic N) is 1. The minimum Gasteiger partial charge on any atom is -0.508 e. The molecular formula is C34H49NO9. The minimum atomic E-state index is -1.39. The van der Waals surface area contributed by atoms with E-state index in [2.05, 4.69) is 0 Å². The van der Waals surface area contributed by atoms with Crippen LogP contribution in [0.1, 0.15) is 77.1 Å². The van der Waals surface area contributed by atoms with Crippen LogP contribution in [0.15, 0.2) is 36.4 Å². The molecule has 0 radical (unpaired) electrons. The summed E-state index contributed by atoms with van der Waals surface area (Å²) in [7, 11) is 0. The maximum absolute atomic E-state index is 13.1. The third-order valence-electron chi connectivity index (χ3n) is 5.96. The van der Waals surface area contributed by atoms with Crippen molar-refractivity contribution in [3.05, 3.63) is 58.7 Å². The fourth-order valence-corrected chi connectivity index (χ4v) is 4.50. The summed E-state index contributed by atoms with van der Waals surface area (Å²) in [5, 5.41) is 8.99. The second-order valence-electron chi connectivity index (χ2n) is 13.3. The molecule has 1 fully saturated rings. The van der Waals surface area contributed by atoms with Crippen LogP contribution in [0.2, 0.25) is 0 Å². The van der Waals surface area contributed by atoms with E-state index in [9.17, 15) is 14.4 Å². The Kier molecular flexibility index (Phi) is 12.6. The average molecular weight is 616 g/mol. The summed E-state index contributed by atoms with van der Waals surface area (Å²) in [4.78, 5) is 39.7. The maximum Gasteiger partial charge on any atom is 0.420 e. The van der Waals surface area contributed by atoms with Gasteiger partial charge in [0.05, 0.1) is 13.2 Å². The number of esters is 1. The van der Waals surface area contributed by atoms with Gasteiger partial charge in [-0.05, 0) is 123 Å². The van der Waals surface area contributed by atoms with E-state index in [4.69, 9.17) is 28.8 Å². The monoisotopic (exact) mass is 615 g/mol. The molecule has 3 atom stereocenters. The van der Waals surface area contributed by atoms with Crippen LogP contribution in [-0.4, -0.2) is 70.8 Å². The Morgan fingerprint density at radius 1 is 0.795 bits per heavy atom. The largest absolute Gasteiger partial charge is 0.508 e. The van der Waals surface area contributed by atoms with E-state index >= 15 is 0 Å². The number of cyclic esters (lactones) is 1. The van der Waals surface area contributed by atoms with Gasteiger partial charge >= 0.3 is 18.2 Å². The van der Waals surface area contributed by atoms with E-state index in [0.717, 1.165) is 22.3 Å². The van der Waals surface area contributed by atoms with Gasteiger partial charge in [0.15, 0.2) is 6.04 Å². The highest BCUT2D eigenvalue weighted by molar-refractivity contribution is 5.94. The van der Waals surface area contributed by atoms with Gasteiger partial charge < -0.3 is 28.8 Å². The lowest BCUT2D eigenvalue weighted by Gasteiger charge is -2.32. The normalized spacial score (nSPS) is 19.2. The number of hydrogen-bond donors (Lipinski definition) is 1. The lowest BCUT2D eigenvalue weighted by molar-refractivity contribution is -0.155. The van der Waals surface area contributed by atoms with Gasteiger partial charge in [-0.15, -0.1) is 0 Å². The molecule has 10 heteroatoms.